The Morgan fingerprint density at radius 1 is 1.10 bits per heavy atom. The fourth-order valence-electron chi connectivity index (χ4n) is 3.25. The number of benzene rings is 2. The minimum Gasteiger partial charge on any atom is -0.493 e. The van der Waals surface area contributed by atoms with Crippen LogP contribution < -0.4 is 14.8 Å². The molecule has 2 aromatic carbocycles. The van der Waals surface area contributed by atoms with Gasteiger partial charge in [-0.2, -0.15) is 0 Å². The van der Waals surface area contributed by atoms with Gasteiger partial charge in [-0.05, 0) is 61.7 Å². The van der Waals surface area contributed by atoms with Crippen LogP contribution in [0.4, 0.5) is 5.69 Å². The molecule has 1 N–H and O–H groups in total. The van der Waals surface area contributed by atoms with E-state index in [1.54, 1.807) is 37.5 Å². The molecular formula is C23H26N2O4. The van der Waals surface area contributed by atoms with Crippen molar-refractivity contribution in [2.45, 2.75) is 19.8 Å². The smallest absolute Gasteiger partial charge is 0.253 e. The Morgan fingerprint density at radius 3 is 2.62 bits per heavy atom. The van der Waals surface area contributed by atoms with Crippen molar-refractivity contribution in [2.75, 3.05) is 32.1 Å². The van der Waals surface area contributed by atoms with Gasteiger partial charge in [0.2, 0.25) is 5.91 Å². The third-order valence-electron chi connectivity index (χ3n) is 4.69. The highest BCUT2D eigenvalue weighted by atomic mass is 16.5. The van der Waals surface area contributed by atoms with E-state index in [1.807, 2.05) is 30.0 Å². The van der Waals surface area contributed by atoms with Gasteiger partial charge in [0.1, 0.15) is 0 Å². The molecule has 1 heterocycles. The minimum atomic E-state index is -0.274. The third-order valence-corrected chi connectivity index (χ3v) is 4.69. The Bertz CT molecular complexity index is 902. The lowest BCUT2D eigenvalue weighted by molar-refractivity contribution is -0.111. The van der Waals surface area contributed by atoms with E-state index in [0.717, 1.165) is 31.5 Å². The van der Waals surface area contributed by atoms with Crippen LogP contribution in [0.3, 0.4) is 0 Å². The molecule has 0 atom stereocenters. The number of nitrogens with zero attached hydrogens (tertiary/aromatic N) is 1. The normalized spacial score (nSPS) is 13.5. The van der Waals surface area contributed by atoms with Crippen molar-refractivity contribution in [2.24, 2.45) is 0 Å². The Labute approximate surface area is 171 Å². The summed E-state index contributed by atoms with van der Waals surface area (Å²) in [5, 5.41) is 2.81. The number of hydrogen-bond acceptors (Lipinski definition) is 4. The van der Waals surface area contributed by atoms with Gasteiger partial charge in [0.25, 0.3) is 5.91 Å². The number of rotatable bonds is 7. The lowest BCUT2D eigenvalue weighted by Crippen LogP contribution is -2.27. The molecule has 6 heteroatoms. The second-order valence-electron chi connectivity index (χ2n) is 6.75. The molecule has 0 aliphatic carbocycles. The Morgan fingerprint density at radius 2 is 1.90 bits per heavy atom. The fourth-order valence-corrected chi connectivity index (χ4v) is 3.25. The van der Waals surface area contributed by atoms with E-state index in [-0.39, 0.29) is 11.8 Å². The highest BCUT2D eigenvalue weighted by Gasteiger charge is 2.19. The molecule has 0 aromatic heterocycles. The van der Waals surface area contributed by atoms with Gasteiger partial charge in [-0.15, -0.1) is 0 Å². The summed E-state index contributed by atoms with van der Waals surface area (Å²) >= 11 is 0. The van der Waals surface area contributed by atoms with Crippen LogP contribution in [-0.2, 0) is 4.79 Å². The summed E-state index contributed by atoms with van der Waals surface area (Å²) < 4.78 is 10.8. The molecule has 0 radical (unpaired) electrons. The molecule has 152 valence electrons. The van der Waals surface area contributed by atoms with E-state index in [9.17, 15) is 9.59 Å². The minimum absolute atomic E-state index is 0.00984. The fraction of sp³-hybridized carbons (Fsp3) is 0.304. The molecule has 1 aliphatic rings. The zero-order valence-corrected chi connectivity index (χ0v) is 16.8. The molecule has 0 unspecified atom stereocenters. The first kappa shape index (κ1) is 20.5. The number of carbonyl (C=O) groups excluding carboxylic acids is 2. The molecule has 1 fully saturated rings. The van der Waals surface area contributed by atoms with Crippen LogP contribution in [-0.4, -0.2) is 43.5 Å². The molecule has 6 nitrogen and oxygen atoms in total. The van der Waals surface area contributed by atoms with E-state index in [0.29, 0.717) is 29.4 Å². The predicted octanol–water partition coefficient (Wildman–Crippen LogP) is 3.98. The number of ether oxygens (including phenoxy) is 2. The molecular weight excluding hydrogens is 368 g/mol. The van der Waals surface area contributed by atoms with E-state index >= 15 is 0 Å². The summed E-state index contributed by atoms with van der Waals surface area (Å²) in [4.78, 5) is 26.7. The van der Waals surface area contributed by atoms with Gasteiger partial charge in [0.15, 0.2) is 11.5 Å². The summed E-state index contributed by atoms with van der Waals surface area (Å²) in [6.45, 7) is 4.05. The standard InChI is InChI=1S/C23H26N2O4/c1-3-29-20-11-9-17(15-21(20)28-2)10-12-22(26)24-19-8-6-7-18(16-19)23(27)25-13-4-5-14-25/h6-12,15-16H,3-5,13-14H2,1-2H3,(H,24,26)/b12-10+. The van der Waals surface area contributed by atoms with Gasteiger partial charge in [-0.25, -0.2) is 0 Å². The van der Waals surface area contributed by atoms with Gasteiger partial charge >= 0.3 is 0 Å². The number of carbonyl (C=O) groups is 2. The highest BCUT2D eigenvalue weighted by Crippen LogP contribution is 2.28. The average molecular weight is 394 g/mol. The number of hydrogen-bond donors (Lipinski definition) is 1. The van der Waals surface area contributed by atoms with Crippen molar-refractivity contribution in [3.05, 3.63) is 59.7 Å². The van der Waals surface area contributed by atoms with Crippen LogP contribution in [0.15, 0.2) is 48.5 Å². The molecule has 2 amide bonds. The van der Waals surface area contributed by atoms with Gasteiger partial charge in [-0.3, -0.25) is 9.59 Å². The van der Waals surface area contributed by atoms with Crippen molar-refractivity contribution in [3.63, 3.8) is 0 Å². The zero-order valence-electron chi connectivity index (χ0n) is 16.8. The molecule has 29 heavy (non-hydrogen) atoms. The second kappa shape index (κ2) is 9.78. The Balaban J connectivity index is 1.64. The lowest BCUT2D eigenvalue weighted by atomic mass is 10.1. The Hall–Kier alpha value is -3.28. The van der Waals surface area contributed by atoms with Gasteiger partial charge in [0.05, 0.1) is 13.7 Å². The molecule has 1 aliphatic heterocycles. The maximum absolute atomic E-state index is 12.5. The lowest BCUT2D eigenvalue weighted by Gasteiger charge is -2.15. The quantitative estimate of drug-likeness (QED) is 0.721. The first-order chi connectivity index (χ1) is 14.1. The van der Waals surface area contributed by atoms with E-state index in [1.165, 1.54) is 6.08 Å². The summed E-state index contributed by atoms with van der Waals surface area (Å²) in [5.74, 6) is 1.01. The summed E-state index contributed by atoms with van der Waals surface area (Å²) in [5.41, 5.74) is 2.00. The van der Waals surface area contributed by atoms with Gasteiger partial charge < -0.3 is 19.7 Å². The number of nitrogens with one attached hydrogen (secondary N) is 1. The van der Waals surface area contributed by atoms with Crippen molar-refractivity contribution in [3.8, 4) is 11.5 Å². The van der Waals surface area contributed by atoms with Crippen molar-refractivity contribution in [1.82, 2.24) is 4.90 Å². The summed E-state index contributed by atoms with van der Waals surface area (Å²) in [6, 6.07) is 12.5. The van der Waals surface area contributed by atoms with Crippen LogP contribution in [0, 0.1) is 0 Å². The van der Waals surface area contributed by atoms with Crippen molar-refractivity contribution in [1.29, 1.82) is 0 Å². The largest absolute Gasteiger partial charge is 0.493 e. The predicted molar refractivity (Wildman–Crippen MR) is 113 cm³/mol. The molecule has 0 spiro atoms. The van der Waals surface area contributed by atoms with Crippen molar-refractivity contribution >= 4 is 23.6 Å². The van der Waals surface area contributed by atoms with E-state index in [2.05, 4.69) is 5.32 Å². The Kier molecular flexibility index (Phi) is 6.89. The number of anilines is 1. The number of methoxy groups -OCH3 is 1. The SMILES string of the molecule is CCOc1ccc(/C=C/C(=O)Nc2cccc(C(=O)N3CCCC3)c2)cc1OC. The van der Waals surface area contributed by atoms with Crippen molar-refractivity contribution < 1.29 is 19.1 Å². The highest BCUT2D eigenvalue weighted by molar-refractivity contribution is 6.03. The molecule has 2 aromatic rings. The zero-order chi connectivity index (χ0) is 20.6. The topological polar surface area (TPSA) is 67.9 Å². The molecule has 0 bridgehead atoms. The maximum atomic E-state index is 12.5. The van der Waals surface area contributed by atoms with E-state index in [4.69, 9.17) is 9.47 Å². The summed E-state index contributed by atoms with van der Waals surface area (Å²) in [7, 11) is 1.58. The molecule has 1 saturated heterocycles. The van der Waals surface area contributed by atoms with Gasteiger partial charge in [-0.1, -0.05) is 12.1 Å². The first-order valence-electron chi connectivity index (χ1n) is 9.80. The van der Waals surface area contributed by atoms with Crippen LogP contribution in [0.25, 0.3) is 6.08 Å². The third kappa shape index (κ3) is 5.38. The van der Waals surface area contributed by atoms with Crippen LogP contribution >= 0.6 is 0 Å². The number of amides is 2. The average Bonchev–Trinajstić information content (AvgIpc) is 3.27. The second-order valence-corrected chi connectivity index (χ2v) is 6.75. The molecule has 3 rings (SSSR count). The monoisotopic (exact) mass is 394 g/mol. The number of likely N-dealkylation sites (tertiary alicyclic amines) is 1. The van der Waals surface area contributed by atoms with Crippen LogP contribution in [0.2, 0.25) is 0 Å². The van der Waals surface area contributed by atoms with E-state index < -0.39 is 0 Å². The first-order valence-corrected chi connectivity index (χ1v) is 9.80. The van der Waals surface area contributed by atoms with Gasteiger partial charge in [0, 0.05) is 30.4 Å². The maximum Gasteiger partial charge on any atom is 0.253 e. The molecule has 0 saturated carbocycles. The van der Waals surface area contributed by atoms with Crippen LogP contribution in [0.1, 0.15) is 35.7 Å². The van der Waals surface area contributed by atoms with Crippen LogP contribution in [0.5, 0.6) is 11.5 Å². The summed E-state index contributed by atoms with van der Waals surface area (Å²) in [6.07, 6.45) is 5.24.